The van der Waals surface area contributed by atoms with E-state index in [4.69, 9.17) is 4.42 Å². The number of hydrogen-bond donors (Lipinski definition) is 1. The van der Waals surface area contributed by atoms with Gasteiger partial charge in [0.25, 0.3) is 0 Å². The second-order valence-corrected chi connectivity index (χ2v) is 5.37. The molecule has 0 aliphatic carbocycles. The fraction of sp³-hybridized carbons (Fsp3) is 0.286. The normalized spacial score (nSPS) is 13.5. The fourth-order valence-electron chi connectivity index (χ4n) is 1.81. The number of benzene rings is 1. The molecule has 1 unspecified atom stereocenters. The van der Waals surface area contributed by atoms with E-state index in [2.05, 4.69) is 15.9 Å². The molecule has 0 saturated carbocycles. The quantitative estimate of drug-likeness (QED) is 0.875. The molecule has 1 aromatic heterocycles. The zero-order chi connectivity index (χ0) is 14.9. The highest BCUT2D eigenvalue weighted by atomic mass is 79.9. The van der Waals surface area contributed by atoms with Gasteiger partial charge in [-0.15, -0.1) is 0 Å². The molecule has 1 N–H and O–H groups in total. The third kappa shape index (κ3) is 3.43. The van der Waals surface area contributed by atoms with Crippen molar-refractivity contribution in [3.8, 4) is 11.3 Å². The summed E-state index contributed by atoms with van der Waals surface area (Å²) >= 11 is 3.22. The third-order valence-electron chi connectivity index (χ3n) is 2.72. The lowest BCUT2D eigenvalue weighted by Gasteiger charge is -2.09. The molecule has 0 radical (unpaired) electrons. The summed E-state index contributed by atoms with van der Waals surface area (Å²) < 4.78 is 44.1. The van der Waals surface area contributed by atoms with Gasteiger partial charge < -0.3 is 9.52 Å². The maximum atomic E-state index is 12.7. The molecule has 2 rings (SSSR count). The Balaban J connectivity index is 2.39. The summed E-state index contributed by atoms with van der Waals surface area (Å²) in [6.07, 6.45) is -4.65. The van der Waals surface area contributed by atoms with Crippen LogP contribution in [0, 0.1) is 0 Å². The Morgan fingerprint density at radius 3 is 2.55 bits per heavy atom. The zero-order valence-electron chi connectivity index (χ0n) is 10.5. The van der Waals surface area contributed by atoms with E-state index in [9.17, 15) is 18.3 Å². The highest BCUT2D eigenvalue weighted by molar-refractivity contribution is 9.10. The first-order valence-electron chi connectivity index (χ1n) is 5.91. The maximum absolute atomic E-state index is 12.7. The van der Waals surface area contributed by atoms with Crippen LogP contribution < -0.4 is 0 Å². The van der Waals surface area contributed by atoms with Crippen LogP contribution in [0.1, 0.15) is 18.2 Å². The van der Waals surface area contributed by atoms with Gasteiger partial charge in [-0.2, -0.15) is 13.2 Å². The van der Waals surface area contributed by atoms with Gasteiger partial charge in [0.2, 0.25) is 0 Å². The van der Waals surface area contributed by atoms with Crippen molar-refractivity contribution in [2.24, 2.45) is 0 Å². The average Bonchev–Trinajstić information content (AvgIpc) is 2.75. The van der Waals surface area contributed by atoms with Crippen LogP contribution in [0.3, 0.4) is 0 Å². The predicted molar refractivity (Wildman–Crippen MR) is 72.2 cm³/mol. The van der Waals surface area contributed by atoms with Gasteiger partial charge in [0.15, 0.2) is 0 Å². The van der Waals surface area contributed by atoms with E-state index in [0.29, 0.717) is 28.0 Å². The SMILES string of the molecule is CC(O)Cc1ccc(-c2cc(C(F)(F)F)ccc2Br)o1. The summed E-state index contributed by atoms with van der Waals surface area (Å²) in [5.41, 5.74) is -0.402. The monoisotopic (exact) mass is 348 g/mol. The van der Waals surface area contributed by atoms with E-state index in [1.165, 1.54) is 6.07 Å². The van der Waals surface area contributed by atoms with Crippen molar-refractivity contribution >= 4 is 15.9 Å². The van der Waals surface area contributed by atoms with E-state index in [1.807, 2.05) is 0 Å². The van der Waals surface area contributed by atoms with Crippen molar-refractivity contribution in [2.45, 2.75) is 25.6 Å². The minimum absolute atomic E-state index is 0.316. The second kappa shape index (κ2) is 5.61. The Labute approximate surface area is 122 Å². The zero-order valence-corrected chi connectivity index (χ0v) is 12.1. The molecule has 0 spiro atoms. The van der Waals surface area contributed by atoms with Gasteiger partial charge in [0.05, 0.1) is 11.7 Å². The van der Waals surface area contributed by atoms with Crippen LogP contribution in [-0.4, -0.2) is 11.2 Å². The van der Waals surface area contributed by atoms with Gasteiger partial charge >= 0.3 is 6.18 Å². The molecule has 0 saturated heterocycles. The topological polar surface area (TPSA) is 33.4 Å². The molecule has 1 atom stereocenters. The first-order chi connectivity index (χ1) is 9.27. The van der Waals surface area contributed by atoms with Gasteiger partial charge in [0.1, 0.15) is 11.5 Å². The van der Waals surface area contributed by atoms with Gasteiger partial charge in [-0.05, 0) is 37.3 Å². The van der Waals surface area contributed by atoms with Gasteiger partial charge in [-0.25, -0.2) is 0 Å². The van der Waals surface area contributed by atoms with Gasteiger partial charge in [-0.3, -0.25) is 0 Å². The maximum Gasteiger partial charge on any atom is 0.416 e. The first kappa shape index (κ1) is 15.1. The summed E-state index contributed by atoms with van der Waals surface area (Å²) in [5, 5.41) is 9.27. The molecule has 108 valence electrons. The Morgan fingerprint density at radius 1 is 1.25 bits per heavy atom. The van der Waals surface area contributed by atoms with E-state index in [0.717, 1.165) is 12.1 Å². The van der Waals surface area contributed by atoms with Crippen LogP contribution >= 0.6 is 15.9 Å². The van der Waals surface area contributed by atoms with Crippen LogP contribution in [0.4, 0.5) is 13.2 Å². The van der Waals surface area contributed by atoms with Gasteiger partial charge in [0, 0.05) is 16.5 Å². The Hall–Kier alpha value is -1.27. The lowest BCUT2D eigenvalue weighted by molar-refractivity contribution is -0.137. The van der Waals surface area contributed by atoms with Crippen LogP contribution in [0.5, 0.6) is 0 Å². The summed E-state index contributed by atoms with van der Waals surface area (Å²) in [6.45, 7) is 1.61. The van der Waals surface area contributed by atoms with Crippen molar-refractivity contribution < 1.29 is 22.7 Å². The van der Waals surface area contributed by atoms with E-state index in [-0.39, 0.29) is 0 Å². The molecule has 0 aliphatic rings. The molecule has 2 nitrogen and oxygen atoms in total. The number of halogens is 4. The van der Waals surface area contributed by atoms with E-state index in [1.54, 1.807) is 19.1 Å². The molecule has 2 aromatic rings. The third-order valence-corrected chi connectivity index (χ3v) is 3.41. The smallest absolute Gasteiger partial charge is 0.416 e. The summed E-state index contributed by atoms with van der Waals surface area (Å²) in [5.74, 6) is 0.859. The number of aliphatic hydroxyl groups excluding tert-OH is 1. The van der Waals surface area contributed by atoms with Crippen LogP contribution in [0.2, 0.25) is 0 Å². The molecule has 1 heterocycles. The van der Waals surface area contributed by atoms with Crippen molar-refractivity contribution in [3.63, 3.8) is 0 Å². The number of rotatable bonds is 3. The molecule has 0 fully saturated rings. The standard InChI is InChI=1S/C14H12BrF3O2/c1-8(19)6-10-3-5-13(20-10)11-7-9(14(16,17)18)2-4-12(11)15/h2-5,7-8,19H,6H2,1H3. The number of hydrogen-bond acceptors (Lipinski definition) is 2. The molecule has 0 amide bonds. The van der Waals surface area contributed by atoms with Crippen molar-refractivity contribution in [2.75, 3.05) is 0 Å². The number of aliphatic hydroxyl groups is 1. The highest BCUT2D eigenvalue weighted by Crippen LogP contribution is 2.36. The first-order valence-corrected chi connectivity index (χ1v) is 6.70. The van der Waals surface area contributed by atoms with E-state index < -0.39 is 17.8 Å². The van der Waals surface area contributed by atoms with Crippen molar-refractivity contribution in [3.05, 3.63) is 46.1 Å². The second-order valence-electron chi connectivity index (χ2n) is 4.51. The molecule has 20 heavy (non-hydrogen) atoms. The fourth-order valence-corrected chi connectivity index (χ4v) is 2.26. The Morgan fingerprint density at radius 2 is 1.95 bits per heavy atom. The molecular weight excluding hydrogens is 337 g/mol. The van der Waals surface area contributed by atoms with Crippen LogP contribution in [-0.2, 0) is 12.6 Å². The lowest BCUT2D eigenvalue weighted by atomic mass is 10.1. The molecule has 6 heteroatoms. The summed E-state index contributed by atoms with van der Waals surface area (Å²) in [7, 11) is 0. The largest absolute Gasteiger partial charge is 0.461 e. The predicted octanol–water partition coefficient (Wildman–Crippen LogP) is 4.65. The summed E-state index contributed by atoms with van der Waals surface area (Å²) in [4.78, 5) is 0. The van der Waals surface area contributed by atoms with Crippen LogP contribution in [0.15, 0.2) is 39.2 Å². The number of furan rings is 1. The Bertz CT molecular complexity index is 603. The van der Waals surface area contributed by atoms with Gasteiger partial charge in [-0.1, -0.05) is 15.9 Å². The van der Waals surface area contributed by atoms with Crippen molar-refractivity contribution in [1.29, 1.82) is 0 Å². The Kier molecular flexibility index (Phi) is 4.25. The summed E-state index contributed by atoms with van der Waals surface area (Å²) in [6, 6.07) is 6.63. The molecule has 1 aromatic carbocycles. The minimum atomic E-state index is -4.40. The van der Waals surface area contributed by atoms with E-state index >= 15 is 0 Å². The van der Waals surface area contributed by atoms with Crippen molar-refractivity contribution in [1.82, 2.24) is 0 Å². The lowest BCUT2D eigenvalue weighted by Crippen LogP contribution is -2.04. The average molecular weight is 349 g/mol. The number of alkyl halides is 3. The van der Waals surface area contributed by atoms with Crippen LogP contribution in [0.25, 0.3) is 11.3 Å². The molecule has 0 aliphatic heterocycles. The molecule has 0 bridgehead atoms. The molecular formula is C14H12BrF3O2. The minimum Gasteiger partial charge on any atom is -0.461 e. The highest BCUT2D eigenvalue weighted by Gasteiger charge is 2.31.